The van der Waals surface area contributed by atoms with Gasteiger partial charge >= 0.3 is 5.97 Å². The van der Waals surface area contributed by atoms with E-state index in [1.54, 1.807) is 24.3 Å². The van der Waals surface area contributed by atoms with Crippen molar-refractivity contribution in [3.8, 4) is 18.1 Å². The van der Waals surface area contributed by atoms with Gasteiger partial charge in [-0.3, -0.25) is 9.59 Å². The molecule has 0 heterocycles. The van der Waals surface area contributed by atoms with Crippen LogP contribution in [0.4, 0.5) is 0 Å². The first-order valence-electron chi connectivity index (χ1n) is 7.30. The lowest BCUT2D eigenvalue weighted by atomic mass is 9.86. The van der Waals surface area contributed by atoms with Crippen LogP contribution in [-0.2, 0) is 4.79 Å². The number of rotatable bonds is 5. The molecule has 5 nitrogen and oxygen atoms in total. The Balaban J connectivity index is 1.85. The molecule has 5 heteroatoms. The highest BCUT2D eigenvalue weighted by Crippen LogP contribution is 2.24. The normalized spacial score (nSPS) is 20.7. The minimum Gasteiger partial charge on any atom is -0.481 e. The Morgan fingerprint density at radius 2 is 1.86 bits per heavy atom. The van der Waals surface area contributed by atoms with Crippen molar-refractivity contribution < 1.29 is 19.4 Å². The average molecular weight is 301 g/mol. The van der Waals surface area contributed by atoms with E-state index in [1.165, 1.54) is 0 Å². The summed E-state index contributed by atoms with van der Waals surface area (Å²) in [6.45, 7) is 0.193. The molecule has 22 heavy (non-hydrogen) atoms. The van der Waals surface area contributed by atoms with Gasteiger partial charge in [-0.15, -0.1) is 6.42 Å². The third kappa shape index (κ3) is 4.26. The Hall–Kier alpha value is -2.48. The highest BCUT2D eigenvalue weighted by Gasteiger charge is 2.26. The van der Waals surface area contributed by atoms with Gasteiger partial charge in [-0.2, -0.15) is 0 Å². The summed E-state index contributed by atoms with van der Waals surface area (Å²) < 4.78 is 5.25. The maximum Gasteiger partial charge on any atom is 0.306 e. The Morgan fingerprint density at radius 3 is 2.41 bits per heavy atom. The van der Waals surface area contributed by atoms with Crippen LogP contribution < -0.4 is 10.1 Å². The quantitative estimate of drug-likeness (QED) is 0.816. The molecule has 0 radical (unpaired) electrons. The van der Waals surface area contributed by atoms with Gasteiger partial charge in [-0.25, -0.2) is 0 Å². The van der Waals surface area contributed by atoms with Crippen LogP contribution in [0, 0.1) is 18.3 Å². The monoisotopic (exact) mass is 301 g/mol. The maximum absolute atomic E-state index is 12.2. The standard InChI is InChI=1S/C17H19NO4/c1-2-11-22-15-9-5-12(6-10-15)16(19)18-14-7-3-13(4-8-14)17(20)21/h1,5-6,9-10,13-14H,3-4,7-8,11H2,(H,18,19)(H,20,21). The molecule has 2 rings (SSSR count). The number of carboxylic acids is 1. The molecule has 1 saturated carbocycles. The van der Waals surface area contributed by atoms with E-state index in [1.807, 2.05) is 0 Å². The molecule has 0 atom stereocenters. The molecule has 1 aromatic carbocycles. The number of amides is 1. The molecule has 0 saturated heterocycles. The molecule has 1 amide bonds. The molecule has 1 aromatic rings. The van der Waals surface area contributed by atoms with Crippen molar-refractivity contribution in [2.24, 2.45) is 5.92 Å². The summed E-state index contributed by atoms with van der Waals surface area (Å²) >= 11 is 0. The number of carboxylic acid groups (broad SMARTS) is 1. The van der Waals surface area contributed by atoms with E-state index in [2.05, 4.69) is 11.2 Å². The molecule has 0 unspecified atom stereocenters. The predicted molar refractivity (Wildman–Crippen MR) is 81.6 cm³/mol. The van der Waals surface area contributed by atoms with Crippen LogP contribution in [0.25, 0.3) is 0 Å². The maximum atomic E-state index is 12.2. The number of hydrogen-bond acceptors (Lipinski definition) is 3. The second kappa shape index (κ2) is 7.51. The molecule has 1 aliphatic rings. The number of aliphatic carboxylic acids is 1. The summed E-state index contributed by atoms with van der Waals surface area (Å²) in [6.07, 6.45) is 7.73. The molecule has 0 aliphatic heterocycles. The van der Waals surface area contributed by atoms with Crippen LogP contribution in [-0.4, -0.2) is 29.6 Å². The number of benzene rings is 1. The van der Waals surface area contributed by atoms with E-state index in [4.69, 9.17) is 16.3 Å². The molecule has 116 valence electrons. The predicted octanol–water partition coefficient (Wildman–Crippen LogP) is 2.07. The Kier molecular flexibility index (Phi) is 5.42. The minimum absolute atomic E-state index is 0.0421. The van der Waals surface area contributed by atoms with Crippen molar-refractivity contribution in [1.82, 2.24) is 5.32 Å². The van der Waals surface area contributed by atoms with Gasteiger partial charge in [-0.05, 0) is 49.9 Å². The van der Waals surface area contributed by atoms with Gasteiger partial charge in [0.2, 0.25) is 0 Å². The van der Waals surface area contributed by atoms with Crippen LogP contribution >= 0.6 is 0 Å². The van der Waals surface area contributed by atoms with E-state index in [0.29, 0.717) is 37.0 Å². The van der Waals surface area contributed by atoms with Gasteiger partial charge < -0.3 is 15.2 Å². The Morgan fingerprint density at radius 1 is 1.23 bits per heavy atom. The number of carbonyl (C=O) groups is 2. The number of carbonyl (C=O) groups excluding carboxylic acids is 1. The van der Waals surface area contributed by atoms with Crippen LogP contribution in [0.3, 0.4) is 0 Å². The Bertz CT molecular complexity index is 565. The lowest BCUT2D eigenvalue weighted by molar-refractivity contribution is -0.142. The summed E-state index contributed by atoms with van der Waals surface area (Å²) in [5.41, 5.74) is 0.549. The summed E-state index contributed by atoms with van der Waals surface area (Å²) in [6, 6.07) is 6.82. The summed E-state index contributed by atoms with van der Waals surface area (Å²) in [4.78, 5) is 23.1. The van der Waals surface area contributed by atoms with Crippen molar-refractivity contribution in [3.63, 3.8) is 0 Å². The van der Waals surface area contributed by atoms with Gasteiger partial charge in [0.15, 0.2) is 0 Å². The number of terminal acetylenes is 1. The minimum atomic E-state index is -0.743. The van der Waals surface area contributed by atoms with Gasteiger partial charge in [0.05, 0.1) is 5.92 Å². The number of ether oxygens (including phenoxy) is 1. The molecule has 0 aromatic heterocycles. The summed E-state index contributed by atoms with van der Waals surface area (Å²) in [5, 5.41) is 11.9. The Labute approximate surface area is 129 Å². The molecule has 1 aliphatic carbocycles. The topological polar surface area (TPSA) is 75.6 Å². The van der Waals surface area contributed by atoms with Crippen LogP contribution in [0.15, 0.2) is 24.3 Å². The molecule has 0 spiro atoms. The van der Waals surface area contributed by atoms with Crippen molar-refractivity contribution in [3.05, 3.63) is 29.8 Å². The van der Waals surface area contributed by atoms with Gasteiger partial charge in [0.25, 0.3) is 5.91 Å². The van der Waals surface area contributed by atoms with Crippen molar-refractivity contribution in [2.45, 2.75) is 31.7 Å². The first-order valence-corrected chi connectivity index (χ1v) is 7.30. The third-order valence-electron chi connectivity index (χ3n) is 3.85. The fourth-order valence-corrected chi connectivity index (χ4v) is 2.58. The van der Waals surface area contributed by atoms with Crippen LogP contribution in [0.2, 0.25) is 0 Å². The summed E-state index contributed by atoms with van der Waals surface area (Å²) in [7, 11) is 0. The number of hydrogen-bond donors (Lipinski definition) is 2. The number of nitrogens with one attached hydrogen (secondary N) is 1. The van der Waals surface area contributed by atoms with Gasteiger partial charge in [-0.1, -0.05) is 5.92 Å². The molecular weight excluding hydrogens is 282 g/mol. The van der Waals surface area contributed by atoms with E-state index in [-0.39, 0.29) is 24.5 Å². The molecule has 0 bridgehead atoms. The van der Waals surface area contributed by atoms with Crippen molar-refractivity contribution in [1.29, 1.82) is 0 Å². The largest absolute Gasteiger partial charge is 0.481 e. The summed E-state index contributed by atoms with van der Waals surface area (Å²) in [5.74, 6) is 1.83. The van der Waals surface area contributed by atoms with Crippen LogP contribution in [0.5, 0.6) is 5.75 Å². The lowest BCUT2D eigenvalue weighted by Crippen LogP contribution is -2.38. The second-order valence-electron chi connectivity index (χ2n) is 5.38. The fourth-order valence-electron chi connectivity index (χ4n) is 2.58. The van der Waals surface area contributed by atoms with Crippen molar-refractivity contribution in [2.75, 3.05) is 6.61 Å². The molecule has 2 N–H and O–H groups in total. The van der Waals surface area contributed by atoms with Gasteiger partial charge in [0, 0.05) is 11.6 Å². The lowest BCUT2D eigenvalue weighted by Gasteiger charge is -2.26. The molecule has 1 fully saturated rings. The zero-order valence-corrected chi connectivity index (χ0v) is 12.2. The van der Waals surface area contributed by atoms with Crippen LogP contribution in [0.1, 0.15) is 36.0 Å². The first-order chi connectivity index (χ1) is 10.6. The zero-order valence-electron chi connectivity index (χ0n) is 12.2. The fraction of sp³-hybridized carbons (Fsp3) is 0.412. The average Bonchev–Trinajstić information content (AvgIpc) is 2.54. The first kappa shape index (κ1) is 15.9. The van der Waals surface area contributed by atoms with E-state index in [0.717, 1.165) is 0 Å². The highest BCUT2D eigenvalue weighted by atomic mass is 16.5. The van der Waals surface area contributed by atoms with E-state index in [9.17, 15) is 9.59 Å². The molecular formula is C17H19NO4. The third-order valence-corrected chi connectivity index (χ3v) is 3.85. The van der Waals surface area contributed by atoms with E-state index >= 15 is 0 Å². The second-order valence-corrected chi connectivity index (χ2v) is 5.38. The van der Waals surface area contributed by atoms with Gasteiger partial charge in [0.1, 0.15) is 12.4 Å². The zero-order chi connectivity index (χ0) is 15.9. The smallest absolute Gasteiger partial charge is 0.306 e. The SMILES string of the molecule is C#CCOc1ccc(C(=O)NC2CCC(C(=O)O)CC2)cc1. The van der Waals surface area contributed by atoms with E-state index < -0.39 is 5.97 Å². The highest BCUT2D eigenvalue weighted by molar-refractivity contribution is 5.94. The van der Waals surface area contributed by atoms with Crippen molar-refractivity contribution >= 4 is 11.9 Å².